The van der Waals surface area contributed by atoms with Gasteiger partial charge in [-0.1, -0.05) is 110 Å². The van der Waals surface area contributed by atoms with Gasteiger partial charge in [0.2, 0.25) is 29.5 Å². The normalized spacial score (nSPS) is 13.3. The van der Waals surface area contributed by atoms with Crippen LogP contribution in [-0.4, -0.2) is 106 Å². The molecule has 66 heavy (non-hydrogen) atoms. The standard InChI is InChI=1S/C47H81N9O10/c1-4-5-6-7-8-9-10-11-12-13-14-15-16-22-39(58)52-35(21-19-30-51-47(49)50)42(61)53-36(20-17-18-29-48)43(62)54-37(27-28-40(59)60)44(63)56-41(32(2)3)45(64)55-38(46(65)66)31-33-23-25-34(57)26-24-33/h23-26,32,35-38,41,57H,4-22,27-31,48H2,1-3H3,(H,52,58)(H,53,61)(H,54,62)(H,55,64)(H,56,63)(H,59,60)(H,65,66)(H4,49,50,51)/t35-,36-,37-,38-,41-/m0/s1. The van der Waals surface area contributed by atoms with E-state index < -0.39 is 78.1 Å². The van der Waals surface area contributed by atoms with Crippen molar-refractivity contribution in [3.8, 4) is 5.75 Å². The summed E-state index contributed by atoms with van der Waals surface area (Å²) in [5.41, 5.74) is 17.2. The third-order valence-corrected chi connectivity index (χ3v) is 11.2. The van der Waals surface area contributed by atoms with Crippen LogP contribution in [0.1, 0.15) is 161 Å². The minimum absolute atomic E-state index is 0.0229. The van der Waals surface area contributed by atoms with E-state index in [2.05, 4.69) is 38.5 Å². The fourth-order valence-corrected chi connectivity index (χ4v) is 7.30. The number of aromatic hydroxyl groups is 1. The highest BCUT2D eigenvalue weighted by atomic mass is 16.4. The van der Waals surface area contributed by atoms with E-state index in [1.807, 2.05) is 0 Å². The van der Waals surface area contributed by atoms with Gasteiger partial charge in [-0.3, -0.25) is 33.8 Å². The first-order valence-corrected chi connectivity index (χ1v) is 24.0. The van der Waals surface area contributed by atoms with Crippen molar-refractivity contribution >= 4 is 47.4 Å². The third-order valence-electron chi connectivity index (χ3n) is 11.2. The summed E-state index contributed by atoms with van der Waals surface area (Å²) < 4.78 is 0. The molecule has 5 amide bonds. The van der Waals surface area contributed by atoms with Crippen LogP contribution in [0.25, 0.3) is 0 Å². The second-order valence-electron chi connectivity index (χ2n) is 17.4. The molecule has 0 heterocycles. The predicted molar refractivity (Wildman–Crippen MR) is 254 cm³/mol. The zero-order valence-electron chi connectivity index (χ0n) is 39.6. The quantitative estimate of drug-likeness (QED) is 0.0257. The summed E-state index contributed by atoms with van der Waals surface area (Å²) in [6.07, 6.45) is 15.6. The van der Waals surface area contributed by atoms with Gasteiger partial charge in [-0.05, 0) is 75.1 Å². The molecule has 374 valence electrons. The fraction of sp³-hybridized carbons (Fsp3) is 0.702. The van der Waals surface area contributed by atoms with Gasteiger partial charge in [0.05, 0.1) is 0 Å². The Kier molecular flexibility index (Phi) is 30.9. The lowest BCUT2D eigenvalue weighted by Gasteiger charge is -2.28. The van der Waals surface area contributed by atoms with Gasteiger partial charge in [-0.25, -0.2) is 4.79 Å². The summed E-state index contributed by atoms with van der Waals surface area (Å²) in [4.78, 5) is 96.0. The van der Waals surface area contributed by atoms with E-state index in [1.165, 1.54) is 82.1 Å². The lowest BCUT2D eigenvalue weighted by atomic mass is 10.00. The molecule has 0 saturated carbocycles. The Labute approximate surface area is 391 Å². The zero-order chi connectivity index (χ0) is 49.3. The number of nitrogens with two attached hydrogens (primary N) is 3. The number of aliphatic imine (C=N–C) groups is 1. The van der Waals surface area contributed by atoms with Gasteiger partial charge in [-0.2, -0.15) is 0 Å². The van der Waals surface area contributed by atoms with E-state index in [1.54, 1.807) is 13.8 Å². The maximum absolute atomic E-state index is 14.0. The Bertz CT molecular complexity index is 1640. The number of unbranched alkanes of at least 4 members (excludes halogenated alkanes) is 13. The van der Waals surface area contributed by atoms with Crippen LogP contribution < -0.4 is 43.8 Å². The summed E-state index contributed by atoms with van der Waals surface area (Å²) >= 11 is 0. The first-order chi connectivity index (χ1) is 31.5. The van der Waals surface area contributed by atoms with Gasteiger partial charge < -0.3 is 59.1 Å². The van der Waals surface area contributed by atoms with Crippen molar-refractivity contribution in [2.24, 2.45) is 28.1 Å². The number of benzene rings is 1. The van der Waals surface area contributed by atoms with Crippen LogP contribution in [0.3, 0.4) is 0 Å². The fourth-order valence-electron chi connectivity index (χ4n) is 7.30. The number of nitrogens with zero attached hydrogens (tertiary/aromatic N) is 1. The van der Waals surface area contributed by atoms with Crippen LogP contribution in [-0.2, 0) is 40.0 Å². The maximum Gasteiger partial charge on any atom is 0.326 e. The molecule has 0 saturated heterocycles. The van der Waals surface area contributed by atoms with E-state index >= 15 is 0 Å². The SMILES string of the molecule is CCCCCCCCCCCCCCCC(=O)N[C@@H](CCCN=C(N)N)C(=O)N[C@@H](CCCCN)C(=O)N[C@@H](CCC(=O)O)C(=O)N[C@H](C(=O)N[C@@H](Cc1ccc(O)cc1)C(=O)O)C(C)C. The lowest BCUT2D eigenvalue weighted by molar-refractivity contribution is -0.142. The Morgan fingerprint density at radius 1 is 0.576 bits per heavy atom. The molecule has 14 N–H and O–H groups in total. The third kappa shape index (κ3) is 27.1. The number of nitrogens with one attached hydrogen (secondary N) is 5. The largest absolute Gasteiger partial charge is 0.508 e. The van der Waals surface area contributed by atoms with Crippen LogP contribution in [0.2, 0.25) is 0 Å². The van der Waals surface area contributed by atoms with Crippen LogP contribution in [0.5, 0.6) is 5.75 Å². The summed E-state index contributed by atoms with van der Waals surface area (Å²) in [6, 6.07) is -0.710. The molecule has 0 aliphatic heterocycles. The summed E-state index contributed by atoms with van der Waals surface area (Å²) in [5.74, 6) is -6.87. The molecule has 19 heteroatoms. The van der Waals surface area contributed by atoms with Crippen molar-refractivity contribution in [2.75, 3.05) is 13.1 Å². The molecule has 0 aliphatic carbocycles. The molecule has 1 rings (SSSR count). The van der Waals surface area contributed by atoms with Crippen molar-refractivity contribution in [1.29, 1.82) is 0 Å². The van der Waals surface area contributed by atoms with Crippen LogP contribution in [0, 0.1) is 5.92 Å². The van der Waals surface area contributed by atoms with E-state index in [-0.39, 0.29) is 56.3 Å². The molecule has 5 atom stereocenters. The van der Waals surface area contributed by atoms with Crippen molar-refractivity contribution in [3.63, 3.8) is 0 Å². The first kappa shape index (κ1) is 58.6. The topological polar surface area (TPSA) is 331 Å². The molecule has 0 fully saturated rings. The molecule has 1 aromatic carbocycles. The van der Waals surface area contributed by atoms with Crippen LogP contribution >= 0.6 is 0 Å². The van der Waals surface area contributed by atoms with Gasteiger partial charge in [0, 0.05) is 25.8 Å². The lowest BCUT2D eigenvalue weighted by Crippen LogP contribution is -2.59. The number of aliphatic carboxylic acids is 2. The molecule has 0 unspecified atom stereocenters. The summed E-state index contributed by atoms with van der Waals surface area (Å²) in [7, 11) is 0. The van der Waals surface area contributed by atoms with E-state index in [4.69, 9.17) is 17.2 Å². The van der Waals surface area contributed by atoms with Gasteiger partial charge >= 0.3 is 11.9 Å². The number of amides is 5. The van der Waals surface area contributed by atoms with Crippen LogP contribution in [0.15, 0.2) is 29.3 Å². The highest BCUT2D eigenvalue weighted by Gasteiger charge is 2.34. The second kappa shape index (κ2) is 34.8. The number of phenols is 1. The van der Waals surface area contributed by atoms with Gasteiger partial charge in [0.15, 0.2) is 5.96 Å². The molecular weight excluding hydrogens is 851 g/mol. The van der Waals surface area contributed by atoms with E-state index in [0.29, 0.717) is 37.8 Å². The minimum atomic E-state index is -1.49. The Hall–Kier alpha value is -5.46. The Balaban J connectivity index is 3.08. The molecule has 0 bridgehead atoms. The molecule has 0 aliphatic rings. The van der Waals surface area contributed by atoms with Gasteiger partial charge in [-0.15, -0.1) is 0 Å². The van der Waals surface area contributed by atoms with E-state index in [0.717, 1.165) is 19.3 Å². The summed E-state index contributed by atoms with van der Waals surface area (Å²) in [5, 5.41) is 42.0. The average Bonchev–Trinajstić information content (AvgIpc) is 3.26. The number of guanidine groups is 1. The second-order valence-corrected chi connectivity index (χ2v) is 17.4. The van der Waals surface area contributed by atoms with Crippen molar-refractivity contribution < 1.29 is 48.9 Å². The zero-order valence-corrected chi connectivity index (χ0v) is 39.6. The number of hydrogen-bond donors (Lipinski definition) is 11. The molecular formula is C47H81N9O10. The first-order valence-electron chi connectivity index (χ1n) is 24.0. The van der Waals surface area contributed by atoms with Gasteiger partial charge in [0.1, 0.15) is 36.0 Å². The highest BCUT2D eigenvalue weighted by Crippen LogP contribution is 2.15. The number of carbonyl (C=O) groups excluding carboxylic acids is 5. The molecule has 0 radical (unpaired) electrons. The van der Waals surface area contributed by atoms with Crippen molar-refractivity contribution in [1.82, 2.24) is 26.6 Å². The number of phenolic OH excluding ortho intramolecular Hbond substituents is 1. The number of carboxylic acid groups (broad SMARTS) is 2. The molecule has 0 spiro atoms. The molecule has 19 nitrogen and oxygen atoms in total. The number of carboxylic acids is 2. The summed E-state index contributed by atoms with van der Waals surface area (Å²) in [6.45, 7) is 5.93. The smallest absolute Gasteiger partial charge is 0.326 e. The number of rotatable bonds is 38. The average molecular weight is 932 g/mol. The Morgan fingerprint density at radius 3 is 1.56 bits per heavy atom. The molecule has 0 aromatic heterocycles. The molecule has 1 aromatic rings. The van der Waals surface area contributed by atoms with Crippen molar-refractivity contribution in [3.05, 3.63) is 29.8 Å². The van der Waals surface area contributed by atoms with Gasteiger partial charge in [0.25, 0.3) is 0 Å². The number of hydrogen-bond acceptors (Lipinski definition) is 10. The van der Waals surface area contributed by atoms with Crippen molar-refractivity contribution in [2.45, 2.75) is 192 Å². The Morgan fingerprint density at radius 2 is 1.06 bits per heavy atom. The van der Waals surface area contributed by atoms with Crippen LogP contribution in [0.4, 0.5) is 0 Å². The maximum atomic E-state index is 14.0. The number of carbonyl (C=O) groups is 7. The minimum Gasteiger partial charge on any atom is -0.508 e. The monoisotopic (exact) mass is 932 g/mol. The predicted octanol–water partition coefficient (Wildman–Crippen LogP) is 3.63. The highest BCUT2D eigenvalue weighted by molar-refractivity contribution is 5.96. The van der Waals surface area contributed by atoms with E-state index in [9.17, 15) is 48.9 Å².